The molecule has 0 spiro atoms. The molecule has 0 aliphatic rings. The summed E-state index contributed by atoms with van der Waals surface area (Å²) in [6.07, 6.45) is 2.50. The molecule has 3 rings (SSSR count). The number of benzene rings is 2. The Balaban J connectivity index is 1.52. The summed E-state index contributed by atoms with van der Waals surface area (Å²) in [7, 11) is 0. The minimum Gasteiger partial charge on any atom is -0.481 e. The van der Waals surface area contributed by atoms with E-state index in [1.165, 1.54) is 0 Å². The van der Waals surface area contributed by atoms with E-state index in [0.29, 0.717) is 21.7 Å². The van der Waals surface area contributed by atoms with Crippen molar-refractivity contribution in [2.45, 2.75) is 19.3 Å². The summed E-state index contributed by atoms with van der Waals surface area (Å²) >= 11 is 12.0. The first kappa shape index (κ1) is 21.0. The van der Waals surface area contributed by atoms with Gasteiger partial charge in [-0.3, -0.25) is 4.79 Å². The SMILES string of the molecule is CC(C(=O)O)c1ccc(Oc2ccc(NCCc3ccc(Cl)c(Cl)c3)cn2)cc1. The van der Waals surface area contributed by atoms with Crippen molar-refractivity contribution in [2.24, 2.45) is 0 Å². The van der Waals surface area contributed by atoms with Crippen molar-refractivity contribution >= 4 is 34.9 Å². The molecule has 0 aliphatic carbocycles. The number of nitrogens with one attached hydrogen (secondary N) is 1. The van der Waals surface area contributed by atoms with Crippen LogP contribution < -0.4 is 10.1 Å². The van der Waals surface area contributed by atoms with Crippen LogP contribution in [0.15, 0.2) is 60.8 Å². The molecule has 0 radical (unpaired) electrons. The summed E-state index contributed by atoms with van der Waals surface area (Å²) in [4.78, 5) is 15.3. The molecule has 3 aromatic rings. The van der Waals surface area contributed by atoms with Crippen LogP contribution in [0, 0.1) is 0 Å². The maximum atomic E-state index is 11.0. The maximum Gasteiger partial charge on any atom is 0.310 e. The van der Waals surface area contributed by atoms with Gasteiger partial charge in [0.05, 0.1) is 27.8 Å². The number of halogens is 2. The molecule has 0 amide bonds. The molecule has 29 heavy (non-hydrogen) atoms. The molecule has 1 atom stereocenters. The minimum atomic E-state index is -0.859. The fraction of sp³-hybridized carbons (Fsp3) is 0.182. The van der Waals surface area contributed by atoms with E-state index in [0.717, 1.165) is 29.8 Å². The van der Waals surface area contributed by atoms with E-state index in [1.807, 2.05) is 18.2 Å². The van der Waals surface area contributed by atoms with Crippen LogP contribution in [0.25, 0.3) is 0 Å². The highest BCUT2D eigenvalue weighted by atomic mass is 35.5. The summed E-state index contributed by atoms with van der Waals surface area (Å²) in [6.45, 7) is 2.37. The van der Waals surface area contributed by atoms with Crippen molar-refractivity contribution in [3.05, 3.63) is 82.0 Å². The third kappa shape index (κ3) is 5.86. The summed E-state index contributed by atoms with van der Waals surface area (Å²) in [5.74, 6) is -0.364. The van der Waals surface area contributed by atoms with Gasteiger partial charge in [-0.2, -0.15) is 0 Å². The molecule has 0 saturated carbocycles. The molecule has 150 valence electrons. The van der Waals surface area contributed by atoms with Crippen molar-refractivity contribution in [1.29, 1.82) is 0 Å². The third-order valence-corrected chi connectivity index (χ3v) is 5.18. The van der Waals surface area contributed by atoms with Gasteiger partial charge >= 0.3 is 5.97 Å². The summed E-state index contributed by atoms with van der Waals surface area (Å²) in [5, 5.41) is 13.5. The molecule has 1 unspecified atom stereocenters. The van der Waals surface area contributed by atoms with Gasteiger partial charge in [0.1, 0.15) is 5.75 Å². The van der Waals surface area contributed by atoms with Crippen LogP contribution in [0.4, 0.5) is 5.69 Å². The molecule has 0 fully saturated rings. The monoisotopic (exact) mass is 430 g/mol. The first-order chi connectivity index (χ1) is 13.9. The Morgan fingerprint density at radius 1 is 1.10 bits per heavy atom. The van der Waals surface area contributed by atoms with E-state index >= 15 is 0 Å². The Kier molecular flexibility index (Phi) is 6.96. The summed E-state index contributed by atoms with van der Waals surface area (Å²) in [5.41, 5.74) is 2.70. The first-order valence-electron chi connectivity index (χ1n) is 9.07. The van der Waals surface area contributed by atoms with Crippen LogP contribution in [-0.2, 0) is 11.2 Å². The van der Waals surface area contributed by atoms with E-state index in [-0.39, 0.29) is 0 Å². The van der Waals surface area contributed by atoms with E-state index in [9.17, 15) is 4.79 Å². The number of rotatable bonds is 8. The first-order valence-corrected chi connectivity index (χ1v) is 9.82. The van der Waals surface area contributed by atoms with Crippen molar-refractivity contribution in [3.63, 3.8) is 0 Å². The molecule has 7 heteroatoms. The standard InChI is InChI=1S/C22H20Cl2N2O3/c1-14(22(27)28)16-3-6-18(7-4-16)29-21-9-5-17(13-26-21)25-11-10-15-2-8-19(23)20(24)12-15/h2-9,12-14,25H,10-11H2,1H3,(H,27,28). The zero-order chi connectivity index (χ0) is 20.8. The van der Waals surface area contributed by atoms with Gasteiger partial charge in [-0.15, -0.1) is 0 Å². The lowest BCUT2D eigenvalue weighted by Gasteiger charge is -2.10. The van der Waals surface area contributed by atoms with Gasteiger partial charge in [0.25, 0.3) is 0 Å². The number of pyridine rings is 1. The Labute approximate surface area is 179 Å². The number of nitrogens with zero attached hydrogens (tertiary/aromatic N) is 1. The molecule has 1 heterocycles. The lowest BCUT2D eigenvalue weighted by atomic mass is 10.0. The van der Waals surface area contributed by atoms with Gasteiger partial charge in [-0.05, 0) is 54.8 Å². The molecule has 0 saturated heterocycles. The number of hydrogen-bond acceptors (Lipinski definition) is 4. The van der Waals surface area contributed by atoms with Crippen molar-refractivity contribution in [3.8, 4) is 11.6 Å². The van der Waals surface area contributed by atoms with Gasteiger partial charge < -0.3 is 15.2 Å². The van der Waals surface area contributed by atoms with Gasteiger partial charge in [-0.1, -0.05) is 41.4 Å². The van der Waals surface area contributed by atoms with Crippen LogP contribution in [0.1, 0.15) is 24.0 Å². The second-order valence-corrected chi connectivity index (χ2v) is 7.36. The Hall–Kier alpha value is -2.76. The number of ether oxygens (including phenoxy) is 1. The smallest absolute Gasteiger partial charge is 0.310 e. The molecular formula is C22H20Cl2N2O3. The molecular weight excluding hydrogens is 411 g/mol. The second kappa shape index (κ2) is 9.63. The van der Waals surface area contributed by atoms with E-state index < -0.39 is 11.9 Å². The van der Waals surface area contributed by atoms with Gasteiger partial charge in [0, 0.05) is 12.6 Å². The second-order valence-electron chi connectivity index (χ2n) is 6.54. The highest BCUT2D eigenvalue weighted by Gasteiger charge is 2.13. The van der Waals surface area contributed by atoms with Crippen LogP contribution in [0.3, 0.4) is 0 Å². The topological polar surface area (TPSA) is 71.5 Å². The predicted molar refractivity (Wildman–Crippen MR) is 115 cm³/mol. The molecule has 0 aliphatic heterocycles. The zero-order valence-corrected chi connectivity index (χ0v) is 17.2. The van der Waals surface area contributed by atoms with Gasteiger partial charge in [0.2, 0.25) is 5.88 Å². The highest BCUT2D eigenvalue weighted by molar-refractivity contribution is 6.42. The van der Waals surface area contributed by atoms with Crippen LogP contribution in [0.5, 0.6) is 11.6 Å². The fourth-order valence-electron chi connectivity index (χ4n) is 2.68. The third-order valence-electron chi connectivity index (χ3n) is 4.44. The average molecular weight is 431 g/mol. The average Bonchev–Trinajstić information content (AvgIpc) is 2.72. The zero-order valence-electron chi connectivity index (χ0n) is 15.7. The van der Waals surface area contributed by atoms with Gasteiger partial charge in [0.15, 0.2) is 0 Å². The Bertz CT molecular complexity index is 976. The van der Waals surface area contributed by atoms with Crippen LogP contribution in [-0.4, -0.2) is 22.6 Å². The van der Waals surface area contributed by atoms with Crippen molar-refractivity contribution in [2.75, 3.05) is 11.9 Å². The fourth-order valence-corrected chi connectivity index (χ4v) is 3.00. The van der Waals surface area contributed by atoms with Crippen LogP contribution >= 0.6 is 23.2 Å². The summed E-state index contributed by atoms with van der Waals surface area (Å²) < 4.78 is 5.71. The van der Waals surface area contributed by atoms with Crippen molar-refractivity contribution in [1.82, 2.24) is 4.98 Å². The van der Waals surface area contributed by atoms with Gasteiger partial charge in [-0.25, -0.2) is 4.98 Å². The molecule has 0 bridgehead atoms. The molecule has 2 N–H and O–H groups in total. The number of carboxylic acid groups (broad SMARTS) is 1. The quantitative estimate of drug-likeness (QED) is 0.456. The lowest BCUT2D eigenvalue weighted by molar-refractivity contribution is -0.138. The van der Waals surface area contributed by atoms with E-state index in [1.54, 1.807) is 49.5 Å². The van der Waals surface area contributed by atoms with Crippen molar-refractivity contribution < 1.29 is 14.6 Å². The number of aromatic nitrogens is 1. The highest BCUT2D eigenvalue weighted by Crippen LogP contribution is 2.24. The minimum absolute atomic E-state index is 0.457. The van der Waals surface area contributed by atoms with Crippen LogP contribution in [0.2, 0.25) is 10.0 Å². The molecule has 5 nitrogen and oxygen atoms in total. The number of carboxylic acids is 1. The van der Waals surface area contributed by atoms with E-state index in [4.69, 9.17) is 33.0 Å². The predicted octanol–water partition coefficient (Wildman–Crippen LogP) is 6.02. The van der Waals surface area contributed by atoms with E-state index in [2.05, 4.69) is 10.3 Å². The Morgan fingerprint density at radius 3 is 2.48 bits per heavy atom. The maximum absolute atomic E-state index is 11.0. The summed E-state index contributed by atoms with van der Waals surface area (Å²) in [6, 6.07) is 16.2. The number of aliphatic carboxylic acids is 1. The number of carbonyl (C=O) groups is 1. The largest absolute Gasteiger partial charge is 0.481 e. The number of anilines is 1. The molecule has 2 aromatic carbocycles. The number of hydrogen-bond donors (Lipinski definition) is 2. The normalized spacial score (nSPS) is 11.7. The Morgan fingerprint density at radius 2 is 1.86 bits per heavy atom. The lowest BCUT2D eigenvalue weighted by Crippen LogP contribution is -2.07. The molecule has 1 aromatic heterocycles.